The molecule has 3 rings (SSSR count). The van der Waals surface area contributed by atoms with Gasteiger partial charge in [-0.25, -0.2) is 0 Å². The predicted octanol–water partition coefficient (Wildman–Crippen LogP) is 4.08. The Morgan fingerprint density at radius 3 is 2.43 bits per heavy atom. The summed E-state index contributed by atoms with van der Waals surface area (Å²) in [5.41, 5.74) is 2.27. The minimum absolute atomic E-state index is 0.0778. The number of amides is 2. The van der Waals surface area contributed by atoms with Gasteiger partial charge >= 0.3 is 0 Å². The maximum Gasteiger partial charge on any atom is 0.280 e. The van der Waals surface area contributed by atoms with E-state index in [0.717, 1.165) is 16.0 Å². The Labute approximate surface area is 172 Å². The van der Waals surface area contributed by atoms with Gasteiger partial charge in [-0.15, -0.1) is 0 Å². The Bertz CT molecular complexity index is 1190. The molecule has 0 unspecified atom stereocenters. The third kappa shape index (κ3) is 3.42. The molecule has 2 heterocycles. The van der Waals surface area contributed by atoms with Gasteiger partial charge in [-0.05, 0) is 68.7 Å². The van der Waals surface area contributed by atoms with E-state index in [2.05, 4.69) is 0 Å². The number of aryl methyl sites for hydroxylation is 2. The van der Waals surface area contributed by atoms with E-state index >= 15 is 0 Å². The van der Waals surface area contributed by atoms with Crippen LogP contribution in [0.15, 0.2) is 45.4 Å². The molecular weight excluding hydrogens is 386 g/mol. The number of imide groups is 1. The summed E-state index contributed by atoms with van der Waals surface area (Å²) >= 11 is 0. The minimum atomic E-state index is -0.620. The SMILES string of the molecule is CCN1C(=O)C(C#N)=C(C)/C(=C\c2ccc(-c3cc(C)c(C)cc3[N+](=O)[O-])o2)C1=O. The summed E-state index contributed by atoms with van der Waals surface area (Å²) in [7, 11) is 0. The van der Waals surface area contributed by atoms with Crippen molar-refractivity contribution in [1.82, 2.24) is 4.90 Å². The van der Waals surface area contributed by atoms with E-state index in [1.807, 2.05) is 13.0 Å². The standard InChI is InChI=1S/C22H19N3O5/c1-5-24-21(26)16(14(4)18(11-23)22(24)27)10-15-6-7-20(30-15)17-8-12(2)13(3)9-19(17)25(28)29/h6-10H,5H2,1-4H3/b16-10+. The second kappa shape index (κ2) is 7.79. The van der Waals surface area contributed by atoms with Crippen molar-refractivity contribution in [3.63, 3.8) is 0 Å². The summed E-state index contributed by atoms with van der Waals surface area (Å²) in [6.45, 7) is 6.95. The lowest BCUT2D eigenvalue weighted by atomic mass is 9.95. The van der Waals surface area contributed by atoms with Gasteiger partial charge in [0.2, 0.25) is 0 Å². The quantitative estimate of drug-likeness (QED) is 0.327. The molecule has 30 heavy (non-hydrogen) atoms. The van der Waals surface area contributed by atoms with E-state index in [4.69, 9.17) is 4.42 Å². The van der Waals surface area contributed by atoms with Crippen molar-refractivity contribution in [2.75, 3.05) is 6.54 Å². The summed E-state index contributed by atoms with van der Waals surface area (Å²) < 4.78 is 5.78. The first-order valence-electron chi connectivity index (χ1n) is 9.24. The fourth-order valence-electron chi connectivity index (χ4n) is 3.28. The minimum Gasteiger partial charge on any atom is -0.456 e. The lowest BCUT2D eigenvalue weighted by Crippen LogP contribution is -2.42. The maximum absolute atomic E-state index is 12.7. The van der Waals surface area contributed by atoms with Crippen LogP contribution in [0.1, 0.15) is 30.7 Å². The van der Waals surface area contributed by atoms with E-state index in [9.17, 15) is 25.0 Å². The Balaban J connectivity index is 2.11. The van der Waals surface area contributed by atoms with Gasteiger partial charge in [0.15, 0.2) is 0 Å². The van der Waals surface area contributed by atoms with Crippen molar-refractivity contribution in [1.29, 1.82) is 5.26 Å². The molecule has 0 saturated heterocycles. The maximum atomic E-state index is 12.7. The number of nitro benzene ring substituents is 1. The molecule has 0 atom stereocenters. The third-order valence-corrected chi connectivity index (χ3v) is 5.13. The van der Waals surface area contributed by atoms with Crippen LogP contribution in [0.2, 0.25) is 0 Å². The van der Waals surface area contributed by atoms with Crippen molar-refractivity contribution >= 4 is 23.6 Å². The molecule has 0 saturated carbocycles. The highest BCUT2D eigenvalue weighted by Gasteiger charge is 2.34. The molecule has 8 nitrogen and oxygen atoms in total. The van der Waals surface area contributed by atoms with Crippen LogP contribution in [-0.2, 0) is 9.59 Å². The number of nitriles is 1. The fourth-order valence-corrected chi connectivity index (χ4v) is 3.28. The third-order valence-electron chi connectivity index (χ3n) is 5.13. The van der Waals surface area contributed by atoms with Crippen LogP contribution in [0.4, 0.5) is 5.69 Å². The Morgan fingerprint density at radius 1 is 1.17 bits per heavy atom. The van der Waals surface area contributed by atoms with Crippen LogP contribution in [-0.4, -0.2) is 28.2 Å². The van der Waals surface area contributed by atoms with Gasteiger partial charge in [0.1, 0.15) is 23.2 Å². The highest BCUT2D eigenvalue weighted by atomic mass is 16.6. The van der Waals surface area contributed by atoms with E-state index in [1.165, 1.54) is 19.1 Å². The van der Waals surface area contributed by atoms with Gasteiger partial charge in [0, 0.05) is 18.2 Å². The molecule has 2 amide bonds. The lowest BCUT2D eigenvalue weighted by Gasteiger charge is -2.25. The lowest BCUT2D eigenvalue weighted by molar-refractivity contribution is -0.384. The molecule has 0 N–H and O–H groups in total. The van der Waals surface area contributed by atoms with E-state index in [1.54, 1.807) is 32.0 Å². The number of rotatable bonds is 4. The van der Waals surface area contributed by atoms with Crippen LogP contribution in [0, 0.1) is 35.3 Å². The normalized spacial score (nSPS) is 15.7. The highest BCUT2D eigenvalue weighted by molar-refractivity contribution is 6.19. The second-order valence-corrected chi connectivity index (χ2v) is 6.94. The summed E-state index contributed by atoms with van der Waals surface area (Å²) in [6.07, 6.45) is 1.44. The van der Waals surface area contributed by atoms with Crippen LogP contribution in [0.3, 0.4) is 0 Å². The topological polar surface area (TPSA) is 117 Å². The van der Waals surface area contributed by atoms with Crippen LogP contribution >= 0.6 is 0 Å². The molecular formula is C22H19N3O5. The largest absolute Gasteiger partial charge is 0.456 e. The number of hydrogen-bond donors (Lipinski definition) is 0. The van der Waals surface area contributed by atoms with Gasteiger partial charge in [-0.2, -0.15) is 5.26 Å². The number of hydrogen-bond acceptors (Lipinski definition) is 6. The Morgan fingerprint density at radius 2 is 1.83 bits per heavy atom. The first-order chi connectivity index (χ1) is 14.2. The molecule has 1 aliphatic heterocycles. The second-order valence-electron chi connectivity index (χ2n) is 6.94. The number of benzene rings is 1. The van der Waals surface area contributed by atoms with E-state index < -0.39 is 16.7 Å². The number of nitro groups is 1. The average molecular weight is 405 g/mol. The smallest absolute Gasteiger partial charge is 0.280 e. The molecule has 1 aliphatic rings. The molecule has 0 radical (unpaired) electrons. The molecule has 152 valence electrons. The molecule has 8 heteroatoms. The average Bonchev–Trinajstić information content (AvgIpc) is 3.16. The molecule has 1 aromatic carbocycles. The molecule has 0 aliphatic carbocycles. The Hall–Kier alpha value is -3.99. The first-order valence-corrected chi connectivity index (χ1v) is 9.24. The first kappa shape index (κ1) is 20.7. The fraction of sp³-hybridized carbons (Fsp3) is 0.227. The van der Waals surface area contributed by atoms with Crippen molar-refractivity contribution < 1.29 is 18.9 Å². The van der Waals surface area contributed by atoms with Crippen molar-refractivity contribution in [2.24, 2.45) is 0 Å². The van der Waals surface area contributed by atoms with Gasteiger partial charge in [-0.3, -0.25) is 24.6 Å². The molecule has 2 aromatic rings. The molecule has 0 bridgehead atoms. The van der Waals surface area contributed by atoms with Gasteiger partial charge in [-0.1, -0.05) is 0 Å². The summed E-state index contributed by atoms with van der Waals surface area (Å²) in [5.74, 6) is -0.576. The monoisotopic (exact) mass is 405 g/mol. The van der Waals surface area contributed by atoms with Gasteiger partial charge in [0.25, 0.3) is 17.5 Å². The summed E-state index contributed by atoms with van der Waals surface area (Å²) in [6, 6.07) is 8.21. The zero-order chi connectivity index (χ0) is 22.2. The molecule has 1 aromatic heterocycles. The molecule has 0 fully saturated rings. The highest BCUT2D eigenvalue weighted by Crippen LogP contribution is 2.35. The summed E-state index contributed by atoms with van der Waals surface area (Å²) in [4.78, 5) is 37.0. The Kier molecular flexibility index (Phi) is 5.39. The zero-order valence-corrected chi connectivity index (χ0v) is 17.0. The van der Waals surface area contributed by atoms with Crippen molar-refractivity contribution in [3.8, 4) is 17.4 Å². The number of carbonyl (C=O) groups is 2. The number of likely N-dealkylation sites (N-methyl/N-ethyl adjacent to an activating group) is 1. The number of carbonyl (C=O) groups excluding carboxylic acids is 2. The number of nitrogens with zero attached hydrogens (tertiary/aromatic N) is 3. The molecule has 0 spiro atoms. The van der Waals surface area contributed by atoms with Crippen molar-refractivity contribution in [3.05, 3.63) is 68.0 Å². The van der Waals surface area contributed by atoms with Crippen LogP contribution in [0.25, 0.3) is 17.4 Å². The van der Waals surface area contributed by atoms with Crippen LogP contribution < -0.4 is 0 Å². The van der Waals surface area contributed by atoms with Crippen molar-refractivity contribution in [2.45, 2.75) is 27.7 Å². The van der Waals surface area contributed by atoms with E-state index in [0.29, 0.717) is 5.56 Å². The zero-order valence-electron chi connectivity index (χ0n) is 17.0. The summed E-state index contributed by atoms with van der Waals surface area (Å²) in [5, 5.41) is 20.8. The van der Waals surface area contributed by atoms with Crippen LogP contribution in [0.5, 0.6) is 0 Å². The van der Waals surface area contributed by atoms with E-state index in [-0.39, 0.29) is 40.5 Å². The van der Waals surface area contributed by atoms with Gasteiger partial charge in [0.05, 0.1) is 10.5 Å². The number of furan rings is 1. The predicted molar refractivity (Wildman–Crippen MR) is 109 cm³/mol. The van der Waals surface area contributed by atoms with Gasteiger partial charge < -0.3 is 4.42 Å².